The van der Waals surface area contributed by atoms with Crippen molar-refractivity contribution in [1.29, 1.82) is 0 Å². The van der Waals surface area contributed by atoms with Gasteiger partial charge < -0.3 is 0 Å². The van der Waals surface area contributed by atoms with E-state index in [0.717, 1.165) is 0 Å². The quantitative estimate of drug-likeness (QED) is 0.657. The molecule has 0 unspecified atom stereocenters. The molecule has 3 rings (SSSR count). The maximum absolute atomic E-state index is 2.40. The van der Waals surface area contributed by atoms with Crippen LogP contribution in [0, 0.1) is 0 Å². The Balaban J connectivity index is 2.00. The smallest absolute Gasteiger partial charge is 0.0835 e. The van der Waals surface area contributed by atoms with Gasteiger partial charge in [0.05, 0.1) is 4.08 Å². The van der Waals surface area contributed by atoms with Crippen molar-refractivity contribution < 1.29 is 0 Å². The second kappa shape index (κ2) is 3.35. The van der Waals surface area contributed by atoms with Crippen LogP contribution in [0.15, 0.2) is 30.3 Å². The third-order valence-corrected chi connectivity index (χ3v) is 6.11. The molecule has 1 spiro atoms. The zero-order chi connectivity index (χ0) is 9.43. The average Bonchev–Trinajstić information content (AvgIpc) is 2.66. The van der Waals surface area contributed by atoms with Crippen molar-refractivity contribution in [2.45, 2.75) is 10.5 Å². The third-order valence-electron chi connectivity index (χ3n) is 2.78. The molecule has 1 saturated heterocycles. The molecule has 72 valence electrons. The van der Waals surface area contributed by atoms with E-state index < -0.39 is 0 Å². The van der Waals surface area contributed by atoms with Gasteiger partial charge in [0.15, 0.2) is 0 Å². The molecule has 1 fully saturated rings. The van der Waals surface area contributed by atoms with Crippen LogP contribution in [0.25, 0.3) is 6.08 Å². The van der Waals surface area contributed by atoms with Crippen LogP contribution in [0.2, 0.25) is 0 Å². The van der Waals surface area contributed by atoms with Gasteiger partial charge in [-0.2, -0.15) is 0 Å². The van der Waals surface area contributed by atoms with Gasteiger partial charge in [-0.25, -0.2) is 0 Å². The zero-order valence-electron chi connectivity index (χ0n) is 7.90. The topological polar surface area (TPSA) is 0 Å². The Bertz CT molecular complexity index is 376. The number of benzene rings is 1. The molecule has 0 aromatic heterocycles. The fourth-order valence-corrected chi connectivity index (χ4v) is 5.10. The van der Waals surface area contributed by atoms with Crippen molar-refractivity contribution in [2.24, 2.45) is 0 Å². The highest BCUT2D eigenvalue weighted by Crippen LogP contribution is 2.49. The van der Waals surface area contributed by atoms with Crippen LogP contribution in [0.4, 0.5) is 0 Å². The second-order valence-corrected chi connectivity index (χ2v) is 6.83. The van der Waals surface area contributed by atoms with Crippen LogP contribution >= 0.6 is 23.5 Å². The minimum absolute atomic E-state index is 0.369. The largest absolute Gasteiger partial charge is 0.139 e. The van der Waals surface area contributed by atoms with Crippen molar-refractivity contribution in [3.8, 4) is 0 Å². The summed E-state index contributed by atoms with van der Waals surface area (Å²) < 4.78 is 0.369. The van der Waals surface area contributed by atoms with E-state index in [4.69, 9.17) is 0 Å². The molecular formula is C12H12S2. The van der Waals surface area contributed by atoms with Crippen LogP contribution in [0.3, 0.4) is 0 Å². The van der Waals surface area contributed by atoms with Crippen molar-refractivity contribution in [3.63, 3.8) is 0 Å². The summed E-state index contributed by atoms with van der Waals surface area (Å²) in [6, 6.07) is 8.75. The molecule has 1 aliphatic carbocycles. The number of hydrogen-bond acceptors (Lipinski definition) is 2. The van der Waals surface area contributed by atoms with Crippen molar-refractivity contribution >= 4 is 29.6 Å². The molecule has 0 N–H and O–H groups in total. The van der Waals surface area contributed by atoms with Crippen molar-refractivity contribution in [3.05, 3.63) is 41.5 Å². The lowest BCUT2D eigenvalue weighted by Gasteiger charge is -2.27. The second-order valence-electron chi connectivity index (χ2n) is 3.72. The van der Waals surface area contributed by atoms with Crippen LogP contribution in [0.5, 0.6) is 0 Å². The fraction of sp³-hybridized carbons (Fsp3) is 0.333. The lowest BCUT2D eigenvalue weighted by Crippen LogP contribution is -2.20. The molecule has 0 nitrogen and oxygen atoms in total. The van der Waals surface area contributed by atoms with Gasteiger partial charge in [0.25, 0.3) is 0 Å². The Kier molecular flexibility index (Phi) is 2.14. The van der Waals surface area contributed by atoms with Crippen LogP contribution in [0.1, 0.15) is 11.1 Å². The standard InChI is InChI=1S/C12H12S2/c1-2-4-11-9-12(13-7-8-14-12)6-5-10(11)3-1/h1-6H,7-9H2. The molecule has 1 aromatic carbocycles. The van der Waals surface area contributed by atoms with E-state index in [1.165, 1.54) is 29.1 Å². The third kappa shape index (κ3) is 1.41. The molecule has 1 aliphatic heterocycles. The molecule has 0 bridgehead atoms. The number of rotatable bonds is 0. The highest BCUT2D eigenvalue weighted by atomic mass is 32.2. The van der Waals surface area contributed by atoms with E-state index in [9.17, 15) is 0 Å². The monoisotopic (exact) mass is 220 g/mol. The summed E-state index contributed by atoms with van der Waals surface area (Å²) in [7, 11) is 0. The SMILES string of the molecule is C1=CC2(Cc3ccccc31)SCCS2. The first-order valence-corrected chi connectivity index (χ1v) is 6.90. The maximum atomic E-state index is 2.40. The van der Waals surface area contributed by atoms with Gasteiger partial charge in [-0.05, 0) is 11.1 Å². The Hall–Kier alpha value is -0.340. The molecule has 1 aromatic rings. The molecule has 14 heavy (non-hydrogen) atoms. The average molecular weight is 220 g/mol. The van der Waals surface area contributed by atoms with Gasteiger partial charge in [-0.15, -0.1) is 23.5 Å². The van der Waals surface area contributed by atoms with E-state index in [0.29, 0.717) is 4.08 Å². The molecular weight excluding hydrogens is 208 g/mol. The molecule has 0 radical (unpaired) electrons. The van der Waals surface area contributed by atoms with E-state index in [2.05, 4.69) is 59.9 Å². The first-order chi connectivity index (χ1) is 6.88. The fourth-order valence-electron chi connectivity index (χ4n) is 2.07. The molecule has 2 heteroatoms. The number of thioether (sulfide) groups is 2. The summed E-state index contributed by atoms with van der Waals surface area (Å²) in [5.74, 6) is 2.61. The summed E-state index contributed by atoms with van der Waals surface area (Å²) in [5, 5.41) is 0. The predicted octanol–water partition coefficient (Wildman–Crippen LogP) is 3.43. The van der Waals surface area contributed by atoms with Gasteiger partial charge in [-0.3, -0.25) is 0 Å². The molecule has 0 atom stereocenters. The normalized spacial score (nSPS) is 22.6. The van der Waals surface area contributed by atoms with E-state index >= 15 is 0 Å². The Morgan fingerprint density at radius 3 is 2.71 bits per heavy atom. The van der Waals surface area contributed by atoms with Crippen molar-refractivity contribution in [1.82, 2.24) is 0 Å². The molecule has 0 amide bonds. The van der Waals surface area contributed by atoms with Gasteiger partial charge >= 0.3 is 0 Å². The summed E-state index contributed by atoms with van der Waals surface area (Å²) in [5.41, 5.74) is 2.92. The van der Waals surface area contributed by atoms with Gasteiger partial charge in [0.1, 0.15) is 0 Å². The number of fused-ring (bicyclic) bond motifs is 1. The molecule has 0 saturated carbocycles. The summed E-state index contributed by atoms with van der Waals surface area (Å²) in [6.07, 6.45) is 5.90. The van der Waals surface area contributed by atoms with E-state index in [1.54, 1.807) is 0 Å². The van der Waals surface area contributed by atoms with E-state index in [-0.39, 0.29) is 0 Å². The van der Waals surface area contributed by atoms with Crippen molar-refractivity contribution in [2.75, 3.05) is 11.5 Å². The van der Waals surface area contributed by atoms with E-state index in [1.807, 2.05) is 0 Å². The first-order valence-electron chi connectivity index (χ1n) is 4.93. The Labute approximate surface area is 93.2 Å². The van der Waals surface area contributed by atoms with Crippen LogP contribution in [-0.2, 0) is 6.42 Å². The molecule has 1 heterocycles. The Morgan fingerprint density at radius 1 is 1.07 bits per heavy atom. The van der Waals surface area contributed by atoms with Gasteiger partial charge in [-0.1, -0.05) is 36.4 Å². The lowest BCUT2D eigenvalue weighted by molar-refractivity contribution is 0.954. The minimum Gasteiger partial charge on any atom is -0.139 e. The zero-order valence-corrected chi connectivity index (χ0v) is 9.53. The van der Waals surface area contributed by atoms with Crippen LogP contribution < -0.4 is 0 Å². The van der Waals surface area contributed by atoms with Gasteiger partial charge in [0.2, 0.25) is 0 Å². The predicted molar refractivity (Wildman–Crippen MR) is 66.8 cm³/mol. The van der Waals surface area contributed by atoms with Crippen LogP contribution in [-0.4, -0.2) is 15.6 Å². The highest BCUT2D eigenvalue weighted by molar-refractivity contribution is 8.21. The minimum atomic E-state index is 0.369. The van der Waals surface area contributed by atoms with Gasteiger partial charge in [0, 0.05) is 17.9 Å². The Morgan fingerprint density at radius 2 is 1.86 bits per heavy atom. The highest BCUT2D eigenvalue weighted by Gasteiger charge is 2.35. The lowest BCUT2D eigenvalue weighted by atomic mass is 9.97. The maximum Gasteiger partial charge on any atom is 0.0835 e. The summed E-state index contributed by atoms with van der Waals surface area (Å²) in [4.78, 5) is 0. The summed E-state index contributed by atoms with van der Waals surface area (Å²) in [6.45, 7) is 0. The first kappa shape index (κ1) is 8.93. The summed E-state index contributed by atoms with van der Waals surface area (Å²) >= 11 is 4.21. The number of hydrogen-bond donors (Lipinski definition) is 0. The molecule has 2 aliphatic rings.